The van der Waals surface area contributed by atoms with Crippen LogP contribution in [0.15, 0.2) is 48.5 Å². The SMILES string of the molecule is COc1ccc(CNC(=O)C[C@H]2O[C@H](CNC(=O)Nc3cccc(F)c3)[C@@H](O)[C@H]2O)cc1. The fraction of sp³-hybridized carbons (Fsp3) is 0.364. The number of hydrogen-bond acceptors (Lipinski definition) is 6. The molecule has 1 fully saturated rings. The molecule has 3 amide bonds. The highest BCUT2D eigenvalue weighted by Crippen LogP contribution is 2.23. The Bertz CT molecular complexity index is 926. The molecule has 2 aromatic carbocycles. The molecule has 0 aliphatic carbocycles. The Labute approximate surface area is 184 Å². The third kappa shape index (κ3) is 6.39. The maximum atomic E-state index is 13.2. The number of nitrogens with one attached hydrogen (secondary N) is 3. The van der Waals surface area contributed by atoms with Gasteiger partial charge in [0.15, 0.2) is 0 Å². The fourth-order valence-electron chi connectivity index (χ4n) is 3.30. The summed E-state index contributed by atoms with van der Waals surface area (Å²) in [5.41, 5.74) is 1.14. The summed E-state index contributed by atoms with van der Waals surface area (Å²) < 4.78 is 23.8. The van der Waals surface area contributed by atoms with Gasteiger partial charge >= 0.3 is 6.03 Å². The van der Waals surface area contributed by atoms with E-state index in [0.717, 1.165) is 11.6 Å². The zero-order valence-corrected chi connectivity index (χ0v) is 17.5. The van der Waals surface area contributed by atoms with E-state index in [4.69, 9.17) is 9.47 Å². The first-order chi connectivity index (χ1) is 15.4. The fourth-order valence-corrected chi connectivity index (χ4v) is 3.30. The summed E-state index contributed by atoms with van der Waals surface area (Å²) in [5, 5.41) is 28.1. The molecule has 4 atom stereocenters. The smallest absolute Gasteiger partial charge is 0.319 e. The van der Waals surface area contributed by atoms with Gasteiger partial charge in [0.1, 0.15) is 29.9 Å². The van der Waals surface area contributed by atoms with Crippen LogP contribution in [0.1, 0.15) is 12.0 Å². The Balaban J connectivity index is 1.43. The molecule has 32 heavy (non-hydrogen) atoms. The van der Waals surface area contributed by atoms with Gasteiger partial charge in [0.05, 0.1) is 19.6 Å². The van der Waals surface area contributed by atoms with Gasteiger partial charge in [0.2, 0.25) is 5.91 Å². The van der Waals surface area contributed by atoms with Crippen molar-refractivity contribution in [1.82, 2.24) is 10.6 Å². The molecule has 0 radical (unpaired) electrons. The second kappa shape index (κ2) is 10.9. The van der Waals surface area contributed by atoms with Gasteiger partial charge in [0, 0.05) is 18.8 Å². The number of urea groups is 1. The molecule has 3 rings (SSSR count). The quantitative estimate of drug-likeness (QED) is 0.413. The topological polar surface area (TPSA) is 129 Å². The van der Waals surface area contributed by atoms with E-state index in [0.29, 0.717) is 12.3 Å². The molecule has 1 aliphatic heterocycles. The van der Waals surface area contributed by atoms with Crippen LogP contribution >= 0.6 is 0 Å². The van der Waals surface area contributed by atoms with Crippen LogP contribution in [0.3, 0.4) is 0 Å². The van der Waals surface area contributed by atoms with Crippen LogP contribution in [0.5, 0.6) is 5.75 Å². The molecule has 2 aromatic rings. The highest BCUT2D eigenvalue weighted by atomic mass is 19.1. The molecule has 1 saturated heterocycles. The molecular formula is C22H26FN3O6. The monoisotopic (exact) mass is 447 g/mol. The molecule has 0 spiro atoms. The minimum atomic E-state index is -1.28. The van der Waals surface area contributed by atoms with Crippen LogP contribution in [0, 0.1) is 5.82 Å². The molecule has 9 nitrogen and oxygen atoms in total. The van der Waals surface area contributed by atoms with Crippen LogP contribution < -0.4 is 20.7 Å². The molecule has 1 heterocycles. The molecule has 5 N–H and O–H groups in total. The van der Waals surface area contributed by atoms with Gasteiger partial charge in [-0.2, -0.15) is 0 Å². The third-order valence-electron chi connectivity index (χ3n) is 5.04. The minimum absolute atomic E-state index is 0.108. The highest BCUT2D eigenvalue weighted by Gasteiger charge is 2.43. The largest absolute Gasteiger partial charge is 0.497 e. The predicted octanol–water partition coefficient (Wildman–Crippen LogP) is 1.15. The van der Waals surface area contributed by atoms with Crippen molar-refractivity contribution in [3.8, 4) is 5.75 Å². The van der Waals surface area contributed by atoms with Crippen molar-refractivity contribution in [3.05, 3.63) is 59.9 Å². The van der Waals surface area contributed by atoms with Crippen molar-refractivity contribution < 1.29 is 33.7 Å². The summed E-state index contributed by atoms with van der Waals surface area (Å²) >= 11 is 0. The van der Waals surface area contributed by atoms with Crippen molar-refractivity contribution >= 4 is 17.6 Å². The maximum absolute atomic E-state index is 13.2. The first-order valence-corrected chi connectivity index (χ1v) is 10.1. The zero-order valence-electron chi connectivity index (χ0n) is 17.5. The van der Waals surface area contributed by atoms with Crippen LogP contribution in [0.2, 0.25) is 0 Å². The van der Waals surface area contributed by atoms with Gasteiger partial charge in [-0.15, -0.1) is 0 Å². The van der Waals surface area contributed by atoms with E-state index in [1.54, 1.807) is 19.2 Å². The van der Waals surface area contributed by atoms with Crippen LogP contribution in [0.4, 0.5) is 14.9 Å². The number of methoxy groups -OCH3 is 1. The van der Waals surface area contributed by atoms with Crippen LogP contribution in [-0.2, 0) is 16.1 Å². The standard InChI is InChI=1S/C22H26FN3O6/c1-31-16-7-5-13(6-8-16)11-24-19(27)10-17-20(28)21(29)18(32-17)12-25-22(30)26-15-4-2-3-14(23)9-15/h2-9,17-18,20-21,28-29H,10-12H2,1H3,(H,24,27)(H2,25,26,30)/t17-,18-,20+,21-/m1/s1. The zero-order chi connectivity index (χ0) is 23.1. The molecule has 10 heteroatoms. The average molecular weight is 447 g/mol. The average Bonchev–Trinajstić information content (AvgIpc) is 3.04. The maximum Gasteiger partial charge on any atom is 0.319 e. The van der Waals surface area contributed by atoms with Crippen LogP contribution in [0.25, 0.3) is 0 Å². The van der Waals surface area contributed by atoms with Gasteiger partial charge in [-0.1, -0.05) is 18.2 Å². The van der Waals surface area contributed by atoms with Gasteiger partial charge in [-0.3, -0.25) is 4.79 Å². The molecule has 1 aliphatic rings. The van der Waals surface area contributed by atoms with E-state index in [-0.39, 0.29) is 24.6 Å². The van der Waals surface area contributed by atoms with E-state index < -0.39 is 36.3 Å². The predicted molar refractivity (Wildman–Crippen MR) is 114 cm³/mol. The number of amides is 3. The third-order valence-corrected chi connectivity index (χ3v) is 5.04. The number of aliphatic hydroxyl groups is 2. The number of ether oxygens (including phenoxy) is 2. The Morgan fingerprint density at radius 2 is 1.78 bits per heavy atom. The van der Waals surface area contributed by atoms with Crippen molar-refractivity contribution in [1.29, 1.82) is 0 Å². The van der Waals surface area contributed by atoms with E-state index in [1.807, 2.05) is 12.1 Å². The molecule has 0 bridgehead atoms. The molecule has 0 unspecified atom stereocenters. The van der Waals surface area contributed by atoms with Crippen molar-refractivity contribution in [3.63, 3.8) is 0 Å². The second-order valence-electron chi connectivity index (χ2n) is 7.37. The lowest BCUT2D eigenvalue weighted by molar-refractivity contribution is -0.125. The first-order valence-electron chi connectivity index (χ1n) is 10.1. The second-order valence-corrected chi connectivity index (χ2v) is 7.37. The molecule has 0 aromatic heterocycles. The van der Waals surface area contributed by atoms with E-state index in [2.05, 4.69) is 16.0 Å². The number of carbonyl (C=O) groups excluding carboxylic acids is 2. The summed E-state index contributed by atoms with van der Waals surface area (Å²) in [4.78, 5) is 24.2. The van der Waals surface area contributed by atoms with Gasteiger partial charge in [-0.05, 0) is 35.9 Å². The van der Waals surface area contributed by atoms with E-state index in [1.165, 1.54) is 18.2 Å². The van der Waals surface area contributed by atoms with E-state index >= 15 is 0 Å². The summed E-state index contributed by atoms with van der Waals surface area (Å²) in [5.74, 6) is -0.135. The summed E-state index contributed by atoms with van der Waals surface area (Å²) in [6.45, 7) is 0.183. The summed E-state index contributed by atoms with van der Waals surface area (Å²) in [7, 11) is 1.57. The molecule has 0 saturated carbocycles. The molecule has 172 valence electrons. The van der Waals surface area contributed by atoms with Gasteiger partial charge in [-0.25, -0.2) is 9.18 Å². The number of halogens is 1. The lowest BCUT2D eigenvalue weighted by Gasteiger charge is -2.16. The van der Waals surface area contributed by atoms with Gasteiger partial charge in [0.25, 0.3) is 0 Å². The number of hydrogen-bond donors (Lipinski definition) is 5. The Morgan fingerprint density at radius 3 is 2.47 bits per heavy atom. The number of benzene rings is 2. The highest BCUT2D eigenvalue weighted by molar-refractivity contribution is 5.89. The number of anilines is 1. The summed E-state index contributed by atoms with van der Waals surface area (Å²) in [6.07, 6.45) is -4.52. The first kappa shape index (κ1) is 23.5. The normalized spacial score (nSPS) is 22.2. The Kier molecular flexibility index (Phi) is 7.98. The number of carbonyl (C=O) groups is 2. The van der Waals surface area contributed by atoms with E-state index in [9.17, 15) is 24.2 Å². The number of aliphatic hydroxyl groups excluding tert-OH is 2. The Hall–Kier alpha value is -3.21. The van der Waals surface area contributed by atoms with Crippen LogP contribution in [-0.4, -0.2) is 60.2 Å². The van der Waals surface area contributed by atoms with Crippen molar-refractivity contribution in [2.75, 3.05) is 19.0 Å². The van der Waals surface area contributed by atoms with Crippen molar-refractivity contribution in [2.24, 2.45) is 0 Å². The Morgan fingerprint density at radius 1 is 1.06 bits per heavy atom. The lowest BCUT2D eigenvalue weighted by Crippen LogP contribution is -2.41. The molecular weight excluding hydrogens is 421 g/mol. The van der Waals surface area contributed by atoms with Crippen molar-refractivity contribution in [2.45, 2.75) is 37.4 Å². The summed E-state index contributed by atoms with van der Waals surface area (Å²) in [6, 6.07) is 12.0. The lowest BCUT2D eigenvalue weighted by atomic mass is 10.1. The minimum Gasteiger partial charge on any atom is -0.497 e. The number of rotatable bonds is 8. The van der Waals surface area contributed by atoms with Gasteiger partial charge < -0.3 is 35.6 Å².